The van der Waals surface area contributed by atoms with Gasteiger partial charge in [0.1, 0.15) is 4.88 Å². The van der Waals surface area contributed by atoms with E-state index in [-0.39, 0.29) is 11.8 Å². The number of nitrogens with zero attached hydrogens (tertiary/aromatic N) is 2. The zero-order valence-corrected chi connectivity index (χ0v) is 21.5. The quantitative estimate of drug-likeness (QED) is 0.262. The Morgan fingerprint density at radius 3 is 2.18 bits per heavy atom. The molecular formula is C24H20ClIN4O2S. The Morgan fingerprint density at radius 1 is 0.879 bits per heavy atom. The molecule has 0 aliphatic carbocycles. The molecule has 1 heterocycles. The van der Waals surface area contributed by atoms with Crippen molar-refractivity contribution in [1.29, 1.82) is 0 Å². The van der Waals surface area contributed by atoms with Gasteiger partial charge in [0.2, 0.25) is 0 Å². The third kappa shape index (κ3) is 7.08. The van der Waals surface area contributed by atoms with Gasteiger partial charge in [-0.25, -0.2) is 0 Å². The van der Waals surface area contributed by atoms with E-state index in [2.05, 4.69) is 42.8 Å². The Hall–Kier alpha value is -2.82. The van der Waals surface area contributed by atoms with Gasteiger partial charge in [-0.1, -0.05) is 52.5 Å². The minimum Gasteiger partial charge on any atom is -0.322 e. The summed E-state index contributed by atoms with van der Waals surface area (Å²) >= 11 is 9.22. The van der Waals surface area contributed by atoms with Crippen LogP contribution in [0.4, 0.5) is 11.4 Å². The molecule has 0 saturated heterocycles. The minimum atomic E-state index is -0.211. The smallest absolute Gasteiger partial charge is 0.269 e. The Morgan fingerprint density at radius 2 is 1.55 bits per heavy atom. The van der Waals surface area contributed by atoms with E-state index in [0.29, 0.717) is 26.8 Å². The normalized spacial score (nSPS) is 10.1. The van der Waals surface area contributed by atoms with Gasteiger partial charge in [-0.15, -0.1) is 5.10 Å². The molecule has 0 bridgehead atoms. The molecule has 168 valence electrons. The van der Waals surface area contributed by atoms with Crippen LogP contribution < -0.4 is 10.6 Å². The van der Waals surface area contributed by atoms with Crippen LogP contribution in [0.1, 0.15) is 31.3 Å². The standard InChI is InChI=1S/C13H10INO.C11H10ClN3OS/c14-12-9-5-4-8-11(12)13(16)15-10-6-2-1-3-7-10;1-6-3-4-8(5-9(6)12)13-11(16)10-7(2)14-15-17-10/h1-9H,(H,15,16);3-5H,1-2H3,(H,13,16). The number of benzene rings is 3. The van der Waals surface area contributed by atoms with Gasteiger partial charge in [0.25, 0.3) is 11.8 Å². The first-order chi connectivity index (χ1) is 15.8. The van der Waals surface area contributed by atoms with Crippen molar-refractivity contribution in [1.82, 2.24) is 9.59 Å². The van der Waals surface area contributed by atoms with Crippen LogP contribution in [0.5, 0.6) is 0 Å². The number of halogens is 2. The molecule has 4 rings (SSSR count). The molecule has 0 atom stereocenters. The molecule has 9 heteroatoms. The van der Waals surface area contributed by atoms with Crippen LogP contribution in [-0.2, 0) is 0 Å². The number of nitrogens with one attached hydrogen (secondary N) is 2. The summed E-state index contributed by atoms with van der Waals surface area (Å²) in [5.41, 5.74) is 3.78. The topological polar surface area (TPSA) is 84.0 Å². The summed E-state index contributed by atoms with van der Waals surface area (Å²) in [6.07, 6.45) is 0. The minimum absolute atomic E-state index is 0.0730. The van der Waals surface area contributed by atoms with E-state index in [1.807, 2.05) is 73.7 Å². The van der Waals surface area contributed by atoms with Crippen LogP contribution in [0.25, 0.3) is 0 Å². The van der Waals surface area contributed by atoms with Crippen molar-refractivity contribution in [3.05, 3.63) is 103 Å². The maximum Gasteiger partial charge on any atom is 0.269 e. The SMILES string of the molecule is Cc1ccc(NC(=O)c2snnc2C)cc1Cl.O=C(Nc1ccccc1)c1ccccc1I. The molecule has 0 aliphatic heterocycles. The Kier molecular flexibility index (Phi) is 8.93. The fourth-order valence-electron chi connectivity index (χ4n) is 2.66. The first kappa shape index (κ1) is 24.8. The van der Waals surface area contributed by atoms with Gasteiger partial charge >= 0.3 is 0 Å². The highest BCUT2D eigenvalue weighted by Gasteiger charge is 2.13. The van der Waals surface area contributed by atoms with E-state index in [9.17, 15) is 9.59 Å². The van der Waals surface area contributed by atoms with Gasteiger partial charge in [-0.2, -0.15) is 0 Å². The average molecular weight is 591 g/mol. The van der Waals surface area contributed by atoms with E-state index in [1.165, 1.54) is 0 Å². The summed E-state index contributed by atoms with van der Waals surface area (Å²) < 4.78 is 4.67. The number of hydrogen-bond acceptors (Lipinski definition) is 5. The van der Waals surface area contributed by atoms with Crippen molar-refractivity contribution in [3.8, 4) is 0 Å². The highest BCUT2D eigenvalue weighted by Crippen LogP contribution is 2.21. The maximum atomic E-state index is 11.9. The number of aryl methyl sites for hydroxylation is 2. The molecule has 1 aromatic heterocycles. The fraction of sp³-hybridized carbons (Fsp3) is 0.0833. The number of amides is 2. The Balaban J connectivity index is 0.000000186. The summed E-state index contributed by atoms with van der Waals surface area (Å²) in [5, 5.41) is 10.0. The first-order valence-corrected chi connectivity index (χ1v) is 12.1. The van der Waals surface area contributed by atoms with Crippen LogP contribution in [-0.4, -0.2) is 21.4 Å². The third-order valence-corrected chi connectivity index (χ3v) is 6.61. The molecule has 0 aliphatic rings. The second kappa shape index (κ2) is 11.9. The molecule has 6 nitrogen and oxygen atoms in total. The van der Waals surface area contributed by atoms with E-state index >= 15 is 0 Å². The molecule has 2 amide bonds. The van der Waals surface area contributed by atoms with Crippen LogP contribution in [0, 0.1) is 17.4 Å². The van der Waals surface area contributed by atoms with Crippen LogP contribution in [0.3, 0.4) is 0 Å². The van der Waals surface area contributed by atoms with Gasteiger partial charge in [0, 0.05) is 20.0 Å². The van der Waals surface area contributed by atoms with Gasteiger partial charge in [-0.05, 0) is 89.9 Å². The molecule has 0 radical (unpaired) electrons. The van der Waals surface area contributed by atoms with Crippen LogP contribution in [0.15, 0.2) is 72.8 Å². The van der Waals surface area contributed by atoms with Gasteiger partial charge in [0.15, 0.2) is 0 Å². The van der Waals surface area contributed by atoms with E-state index < -0.39 is 0 Å². The second-order valence-corrected chi connectivity index (χ2v) is 9.23. The summed E-state index contributed by atoms with van der Waals surface area (Å²) in [5.74, 6) is -0.284. The number of aromatic nitrogens is 2. The summed E-state index contributed by atoms with van der Waals surface area (Å²) in [6.45, 7) is 3.66. The highest BCUT2D eigenvalue weighted by molar-refractivity contribution is 14.1. The predicted octanol–water partition coefficient (Wildman–Crippen LogP) is 6.60. The molecule has 3 aromatic carbocycles. The van der Waals surface area contributed by atoms with Crippen molar-refractivity contribution in [3.63, 3.8) is 0 Å². The van der Waals surface area contributed by atoms with E-state index in [1.54, 1.807) is 13.0 Å². The molecule has 4 aromatic rings. The first-order valence-electron chi connectivity index (χ1n) is 9.82. The molecule has 33 heavy (non-hydrogen) atoms. The lowest BCUT2D eigenvalue weighted by Gasteiger charge is -2.06. The number of carbonyl (C=O) groups is 2. The lowest BCUT2D eigenvalue weighted by Crippen LogP contribution is -2.13. The molecule has 0 fully saturated rings. The van der Waals surface area contributed by atoms with Crippen molar-refractivity contribution in [2.75, 3.05) is 10.6 Å². The molecule has 0 unspecified atom stereocenters. The molecule has 2 N–H and O–H groups in total. The number of carbonyl (C=O) groups excluding carboxylic acids is 2. The Labute approximate surface area is 214 Å². The van der Waals surface area contributed by atoms with Crippen molar-refractivity contribution >= 4 is 68.9 Å². The molecular weight excluding hydrogens is 571 g/mol. The summed E-state index contributed by atoms with van der Waals surface area (Å²) in [4.78, 5) is 24.3. The van der Waals surface area contributed by atoms with E-state index in [0.717, 1.165) is 26.4 Å². The highest BCUT2D eigenvalue weighted by atomic mass is 127. The van der Waals surface area contributed by atoms with Crippen molar-refractivity contribution in [2.24, 2.45) is 0 Å². The largest absolute Gasteiger partial charge is 0.322 e. The second-order valence-electron chi connectivity index (χ2n) is 6.91. The van der Waals surface area contributed by atoms with Gasteiger partial charge in [-0.3, -0.25) is 9.59 Å². The third-order valence-electron chi connectivity index (χ3n) is 4.44. The Bertz CT molecular complexity index is 1260. The van der Waals surface area contributed by atoms with Crippen LogP contribution in [0.2, 0.25) is 5.02 Å². The number of anilines is 2. The zero-order valence-electron chi connectivity index (χ0n) is 17.8. The molecule has 0 spiro atoms. The summed E-state index contributed by atoms with van der Waals surface area (Å²) in [6, 6.07) is 22.3. The van der Waals surface area contributed by atoms with Crippen molar-refractivity contribution in [2.45, 2.75) is 13.8 Å². The monoisotopic (exact) mass is 590 g/mol. The molecule has 0 saturated carbocycles. The number of para-hydroxylation sites is 1. The van der Waals surface area contributed by atoms with Crippen LogP contribution >= 0.6 is 45.7 Å². The zero-order chi connectivity index (χ0) is 23.8. The van der Waals surface area contributed by atoms with Gasteiger partial charge in [0.05, 0.1) is 11.3 Å². The van der Waals surface area contributed by atoms with Gasteiger partial charge < -0.3 is 10.6 Å². The predicted molar refractivity (Wildman–Crippen MR) is 142 cm³/mol. The lowest BCUT2D eigenvalue weighted by atomic mass is 10.2. The van der Waals surface area contributed by atoms with Crippen molar-refractivity contribution < 1.29 is 9.59 Å². The number of hydrogen-bond donors (Lipinski definition) is 2. The van der Waals surface area contributed by atoms with E-state index in [4.69, 9.17) is 11.6 Å². The average Bonchev–Trinajstić information content (AvgIpc) is 3.24. The number of rotatable bonds is 4. The fourth-order valence-corrected chi connectivity index (χ4v) is 4.03. The lowest BCUT2D eigenvalue weighted by molar-refractivity contribution is 0.101. The summed E-state index contributed by atoms with van der Waals surface area (Å²) in [7, 11) is 0. The maximum absolute atomic E-state index is 11.9.